The molecule has 0 radical (unpaired) electrons. The van der Waals surface area contributed by atoms with E-state index < -0.39 is 27.1 Å². The van der Waals surface area contributed by atoms with E-state index in [1.807, 2.05) is 22.6 Å². The molecule has 4 aromatic rings. The van der Waals surface area contributed by atoms with Gasteiger partial charge in [-0.2, -0.15) is 8.42 Å². The third-order valence-corrected chi connectivity index (χ3v) is 8.47. The largest absolute Gasteiger partial charge is 0.376 e. The van der Waals surface area contributed by atoms with Crippen LogP contribution in [0.3, 0.4) is 0 Å². The van der Waals surface area contributed by atoms with Gasteiger partial charge in [0.25, 0.3) is 15.6 Å². The minimum absolute atomic E-state index is 0.0771. The number of nitrogens with zero attached hydrogens (tertiary/aromatic N) is 4. The fourth-order valence-corrected chi connectivity index (χ4v) is 6.31. The summed E-state index contributed by atoms with van der Waals surface area (Å²) in [5.74, 6) is 0.0943. The van der Waals surface area contributed by atoms with Crippen LogP contribution in [0.2, 0.25) is 5.15 Å². The average Bonchev–Trinajstić information content (AvgIpc) is 3.34. The third-order valence-electron chi connectivity index (χ3n) is 6.99. The highest BCUT2D eigenvalue weighted by Gasteiger charge is 2.27. The number of rotatable bonds is 7. The van der Waals surface area contributed by atoms with Crippen molar-refractivity contribution in [2.75, 3.05) is 16.8 Å². The van der Waals surface area contributed by atoms with E-state index in [1.165, 1.54) is 28.8 Å². The predicted octanol–water partition coefficient (Wildman–Crippen LogP) is 4.13. The summed E-state index contributed by atoms with van der Waals surface area (Å²) in [7, 11) is -2.75. The first-order valence-electron chi connectivity index (χ1n) is 13.1. The van der Waals surface area contributed by atoms with Gasteiger partial charge < -0.3 is 15.5 Å². The molecule has 0 saturated heterocycles. The highest BCUT2D eigenvalue weighted by molar-refractivity contribution is 7.90. The molecule has 14 heteroatoms. The molecule has 42 heavy (non-hydrogen) atoms. The summed E-state index contributed by atoms with van der Waals surface area (Å²) < 4.78 is 43.4. The van der Waals surface area contributed by atoms with E-state index in [1.54, 1.807) is 33.0 Å². The lowest BCUT2D eigenvalue weighted by molar-refractivity contribution is 0.246. The van der Waals surface area contributed by atoms with Crippen LogP contribution in [0.4, 0.5) is 20.8 Å². The number of carbonyl (C=O) groups is 1. The molecule has 1 aliphatic rings. The van der Waals surface area contributed by atoms with Crippen LogP contribution in [0.25, 0.3) is 10.9 Å². The molecule has 2 aromatic carbocycles. The average molecular weight is 614 g/mol. The molecule has 1 aliphatic heterocycles. The van der Waals surface area contributed by atoms with Crippen molar-refractivity contribution in [1.29, 1.82) is 0 Å². The molecule has 2 amide bonds. The van der Waals surface area contributed by atoms with Gasteiger partial charge in [0, 0.05) is 32.2 Å². The van der Waals surface area contributed by atoms with Gasteiger partial charge in [-0.05, 0) is 67.8 Å². The number of sulfonamides is 1. The topological polar surface area (TPSA) is 138 Å². The first-order chi connectivity index (χ1) is 19.9. The number of anilines is 2. The Morgan fingerprint density at radius 2 is 1.86 bits per heavy atom. The molecule has 5 rings (SSSR count). The minimum Gasteiger partial charge on any atom is -0.376 e. The van der Waals surface area contributed by atoms with Crippen molar-refractivity contribution in [3.05, 3.63) is 86.0 Å². The Morgan fingerprint density at radius 1 is 1.12 bits per heavy atom. The molecule has 11 nitrogen and oxygen atoms in total. The SMILES string of the molecule is CCNC(=O)NS(=O)(=O)c1nc(Cl)ccc1N[C@H](C)c1cc(C)cc2c(=O)n(C)c(N3Cc4ccc(F)cc4C3)nc12. The molecule has 0 unspecified atom stereocenters. The molecule has 0 fully saturated rings. The zero-order chi connectivity index (χ0) is 30.3. The van der Waals surface area contributed by atoms with Crippen molar-refractivity contribution in [1.82, 2.24) is 24.6 Å². The summed E-state index contributed by atoms with van der Waals surface area (Å²) in [4.78, 5) is 36.4. The molecule has 3 heterocycles. The minimum atomic E-state index is -4.40. The number of aryl methyl sites for hydroxylation is 1. The fraction of sp³-hybridized carbons (Fsp3) is 0.286. The van der Waals surface area contributed by atoms with Crippen LogP contribution in [0, 0.1) is 12.7 Å². The van der Waals surface area contributed by atoms with Gasteiger partial charge in [0.1, 0.15) is 11.0 Å². The quantitative estimate of drug-likeness (QED) is 0.265. The lowest BCUT2D eigenvalue weighted by Crippen LogP contribution is -2.39. The molecule has 0 bridgehead atoms. The van der Waals surface area contributed by atoms with Crippen molar-refractivity contribution in [3.63, 3.8) is 0 Å². The fourth-order valence-electron chi connectivity index (χ4n) is 5.07. The van der Waals surface area contributed by atoms with Crippen LogP contribution in [0.15, 0.2) is 52.3 Å². The van der Waals surface area contributed by atoms with E-state index in [0.29, 0.717) is 35.5 Å². The van der Waals surface area contributed by atoms with Crippen molar-refractivity contribution >= 4 is 50.2 Å². The summed E-state index contributed by atoms with van der Waals surface area (Å²) in [6.45, 7) is 6.38. The van der Waals surface area contributed by atoms with E-state index in [2.05, 4.69) is 15.6 Å². The number of fused-ring (bicyclic) bond motifs is 2. The lowest BCUT2D eigenvalue weighted by Gasteiger charge is -2.23. The Bertz CT molecular complexity index is 1900. The molecule has 0 aliphatic carbocycles. The third kappa shape index (κ3) is 5.61. The monoisotopic (exact) mass is 613 g/mol. The standard InChI is InChI=1S/C28H29ClFN7O4S/c1-5-31-27(39)35-42(40,41)25-22(8-9-23(29)33-25)32-16(3)20-10-15(2)11-21-24(20)34-28(36(4)26(21)38)37-13-17-6-7-19(30)12-18(17)14-37/h6-12,16,32H,5,13-14H2,1-4H3,(H2,31,35,39)/t16-/m1/s1. The van der Waals surface area contributed by atoms with Crippen LogP contribution in [0.1, 0.15) is 42.1 Å². The number of hydrogen-bond donors (Lipinski definition) is 3. The van der Waals surface area contributed by atoms with Crippen molar-refractivity contribution in [2.45, 2.75) is 44.9 Å². The number of amides is 2. The highest BCUT2D eigenvalue weighted by atomic mass is 35.5. The lowest BCUT2D eigenvalue weighted by atomic mass is 10.0. The summed E-state index contributed by atoms with van der Waals surface area (Å²) in [5, 5.41) is 5.38. The van der Waals surface area contributed by atoms with Gasteiger partial charge in [0.2, 0.25) is 11.0 Å². The van der Waals surface area contributed by atoms with Gasteiger partial charge >= 0.3 is 6.03 Å². The maximum Gasteiger partial charge on any atom is 0.328 e. The van der Waals surface area contributed by atoms with Crippen LogP contribution in [0.5, 0.6) is 0 Å². The van der Waals surface area contributed by atoms with Crippen molar-refractivity contribution < 1.29 is 17.6 Å². The zero-order valence-electron chi connectivity index (χ0n) is 23.3. The van der Waals surface area contributed by atoms with Gasteiger partial charge in [-0.25, -0.2) is 23.9 Å². The Balaban J connectivity index is 1.55. The van der Waals surface area contributed by atoms with Gasteiger partial charge in [0.15, 0.2) is 0 Å². The Kier molecular flexibility index (Phi) is 7.82. The first kappa shape index (κ1) is 29.3. The second-order valence-corrected chi connectivity index (χ2v) is 12.1. The van der Waals surface area contributed by atoms with Crippen LogP contribution < -0.4 is 25.8 Å². The van der Waals surface area contributed by atoms with Gasteiger partial charge in [-0.3, -0.25) is 9.36 Å². The predicted molar refractivity (Wildman–Crippen MR) is 159 cm³/mol. The second kappa shape index (κ2) is 11.2. The van der Waals surface area contributed by atoms with Gasteiger partial charge in [0.05, 0.1) is 22.6 Å². The molecular weight excluding hydrogens is 585 g/mol. The van der Waals surface area contributed by atoms with E-state index >= 15 is 0 Å². The highest BCUT2D eigenvalue weighted by Crippen LogP contribution is 2.32. The molecule has 220 valence electrons. The van der Waals surface area contributed by atoms with Gasteiger partial charge in [-0.1, -0.05) is 23.7 Å². The number of nitrogens with one attached hydrogen (secondary N) is 3. The van der Waals surface area contributed by atoms with Crippen LogP contribution in [-0.4, -0.2) is 35.5 Å². The second-order valence-electron chi connectivity index (χ2n) is 10.1. The molecule has 3 N–H and O–H groups in total. The van der Waals surface area contributed by atoms with E-state index in [0.717, 1.165) is 16.7 Å². The molecule has 2 aromatic heterocycles. The number of benzene rings is 2. The summed E-state index contributed by atoms with van der Waals surface area (Å²) in [6.07, 6.45) is 0. The molecule has 0 saturated carbocycles. The Morgan fingerprint density at radius 3 is 2.60 bits per heavy atom. The van der Waals surface area contributed by atoms with Crippen molar-refractivity contribution in [2.24, 2.45) is 7.05 Å². The number of halogens is 2. The van der Waals surface area contributed by atoms with Crippen LogP contribution >= 0.6 is 11.6 Å². The number of aromatic nitrogens is 3. The molecule has 1 atom stereocenters. The van der Waals surface area contributed by atoms with Crippen LogP contribution in [-0.2, 0) is 30.2 Å². The first-order valence-corrected chi connectivity index (χ1v) is 15.0. The number of hydrogen-bond acceptors (Lipinski definition) is 8. The summed E-state index contributed by atoms with van der Waals surface area (Å²) >= 11 is 6.02. The van der Waals surface area contributed by atoms with E-state index in [-0.39, 0.29) is 28.8 Å². The Labute approximate surface area is 246 Å². The number of urea groups is 1. The van der Waals surface area contributed by atoms with E-state index in [4.69, 9.17) is 16.6 Å². The smallest absolute Gasteiger partial charge is 0.328 e. The summed E-state index contributed by atoms with van der Waals surface area (Å²) in [5.41, 5.74) is 3.51. The van der Waals surface area contributed by atoms with Gasteiger partial charge in [-0.15, -0.1) is 0 Å². The maximum atomic E-state index is 13.9. The maximum absolute atomic E-state index is 13.9. The number of carbonyl (C=O) groups excluding carboxylic acids is 1. The number of pyridine rings is 1. The Hall–Kier alpha value is -4.23. The summed E-state index contributed by atoms with van der Waals surface area (Å²) in [6, 6.07) is 9.68. The molecule has 0 spiro atoms. The normalized spacial score (nSPS) is 13.6. The van der Waals surface area contributed by atoms with Crippen molar-refractivity contribution in [3.8, 4) is 0 Å². The van der Waals surface area contributed by atoms with E-state index in [9.17, 15) is 22.4 Å². The zero-order valence-corrected chi connectivity index (χ0v) is 24.9. The molecular formula is C28H29ClFN7O4S.